The fourth-order valence-electron chi connectivity index (χ4n) is 3.22. The minimum absolute atomic E-state index is 0.159. The molecule has 1 aromatic heterocycles. The minimum Gasteiger partial charge on any atom is -0.395 e. The standard InChI is InChI=1S/C15H28N4O/c1-3-9-19-15(14(16)12(2)17-19)18(10-11-20)13-7-5-4-6-8-13/h13,20H,3-11,16H2,1-2H3. The minimum atomic E-state index is 0.159. The lowest BCUT2D eigenvalue weighted by molar-refractivity contribution is 0.288. The van der Waals surface area contributed by atoms with E-state index < -0.39 is 0 Å². The molecule has 0 radical (unpaired) electrons. The van der Waals surface area contributed by atoms with Crippen molar-refractivity contribution in [3.63, 3.8) is 0 Å². The summed E-state index contributed by atoms with van der Waals surface area (Å²) in [5, 5.41) is 14.0. The number of nitrogens with two attached hydrogens (primary N) is 1. The summed E-state index contributed by atoms with van der Waals surface area (Å²) in [5.74, 6) is 1.02. The molecule has 0 aromatic carbocycles. The maximum absolute atomic E-state index is 9.43. The van der Waals surface area contributed by atoms with Gasteiger partial charge in [-0.2, -0.15) is 5.10 Å². The van der Waals surface area contributed by atoms with E-state index in [-0.39, 0.29) is 6.61 Å². The summed E-state index contributed by atoms with van der Waals surface area (Å²) < 4.78 is 2.02. The van der Waals surface area contributed by atoms with Crippen molar-refractivity contribution in [2.75, 3.05) is 23.8 Å². The second-order valence-corrected chi connectivity index (χ2v) is 5.75. The molecule has 1 aliphatic carbocycles. The van der Waals surface area contributed by atoms with Crippen molar-refractivity contribution in [2.45, 2.75) is 65.0 Å². The molecular weight excluding hydrogens is 252 g/mol. The number of nitrogens with zero attached hydrogens (tertiary/aromatic N) is 3. The largest absolute Gasteiger partial charge is 0.395 e. The summed E-state index contributed by atoms with van der Waals surface area (Å²) in [6, 6.07) is 0.491. The molecular formula is C15H28N4O. The Morgan fingerprint density at radius 2 is 2.05 bits per heavy atom. The number of aryl methyl sites for hydroxylation is 2. The Balaban J connectivity index is 2.31. The zero-order valence-electron chi connectivity index (χ0n) is 12.8. The lowest BCUT2D eigenvalue weighted by Gasteiger charge is -2.36. The summed E-state index contributed by atoms with van der Waals surface area (Å²) >= 11 is 0. The number of aromatic nitrogens is 2. The molecule has 0 saturated heterocycles. The molecule has 0 unspecified atom stereocenters. The third-order valence-corrected chi connectivity index (χ3v) is 4.21. The fourth-order valence-corrected chi connectivity index (χ4v) is 3.22. The van der Waals surface area contributed by atoms with Crippen LogP contribution < -0.4 is 10.6 Å². The molecule has 0 spiro atoms. The Morgan fingerprint density at radius 1 is 1.35 bits per heavy atom. The van der Waals surface area contributed by atoms with E-state index in [1.54, 1.807) is 0 Å². The third-order valence-electron chi connectivity index (χ3n) is 4.21. The van der Waals surface area contributed by atoms with E-state index in [0.29, 0.717) is 12.6 Å². The molecule has 1 saturated carbocycles. The summed E-state index contributed by atoms with van der Waals surface area (Å²) in [6.07, 6.45) is 7.28. The van der Waals surface area contributed by atoms with Crippen LogP contribution in [-0.2, 0) is 6.54 Å². The van der Waals surface area contributed by atoms with Crippen molar-refractivity contribution >= 4 is 11.5 Å². The van der Waals surface area contributed by atoms with Crippen LogP contribution in [0, 0.1) is 6.92 Å². The number of aliphatic hydroxyl groups is 1. The summed E-state index contributed by atoms with van der Waals surface area (Å²) in [4.78, 5) is 2.30. The number of anilines is 2. The zero-order chi connectivity index (χ0) is 14.5. The van der Waals surface area contributed by atoms with Crippen LogP contribution >= 0.6 is 0 Å². The van der Waals surface area contributed by atoms with Gasteiger partial charge in [-0.3, -0.25) is 0 Å². The maximum Gasteiger partial charge on any atom is 0.150 e. The number of hydrogen-bond donors (Lipinski definition) is 2. The Labute approximate surface area is 121 Å². The van der Waals surface area contributed by atoms with Gasteiger partial charge in [-0.15, -0.1) is 0 Å². The van der Waals surface area contributed by atoms with Crippen LogP contribution in [-0.4, -0.2) is 34.1 Å². The number of hydrogen-bond acceptors (Lipinski definition) is 4. The lowest BCUT2D eigenvalue weighted by atomic mass is 9.94. The molecule has 3 N–H and O–H groups in total. The van der Waals surface area contributed by atoms with Crippen LogP contribution in [0.4, 0.5) is 11.5 Å². The van der Waals surface area contributed by atoms with E-state index in [2.05, 4.69) is 16.9 Å². The molecule has 20 heavy (non-hydrogen) atoms. The first-order chi connectivity index (χ1) is 9.69. The summed E-state index contributed by atoms with van der Waals surface area (Å²) in [7, 11) is 0. The fraction of sp³-hybridized carbons (Fsp3) is 0.800. The van der Waals surface area contributed by atoms with Gasteiger partial charge in [0.2, 0.25) is 0 Å². The SMILES string of the molecule is CCCn1nc(C)c(N)c1N(CCO)C1CCCCC1. The molecule has 5 heteroatoms. The average molecular weight is 280 g/mol. The molecule has 1 aliphatic rings. The van der Waals surface area contributed by atoms with Gasteiger partial charge in [-0.25, -0.2) is 4.68 Å². The number of aliphatic hydroxyl groups excluding tert-OH is 1. The van der Waals surface area contributed by atoms with Gasteiger partial charge in [0.25, 0.3) is 0 Å². The van der Waals surface area contributed by atoms with Crippen molar-refractivity contribution in [1.82, 2.24) is 9.78 Å². The molecule has 0 bridgehead atoms. The monoisotopic (exact) mass is 280 g/mol. The second-order valence-electron chi connectivity index (χ2n) is 5.75. The van der Waals surface area contributed by atoms with Crippen molar-refractivity contribution in [3.8, 4) is 0 Å². The summed E-state index contributed by atoms with van der Waals surface area (Å²) in [6.45, 7) is 5.79. The first kappa shape index (κ1) is 15.2. The van der Waals surface area contributed by atoms with Gasteiger partial charge in [-0.05, 0) is 26.2 Å². The Bertz CT molecular complexity index is 424. The van der Waals surface area contributed by atoms with E-state index in [1.807, 2.05) is 11.6 Å². The molecule has 0 aliphatic heterocycles. The Hall–Kier alpha value is -1.23. The highest BCUT2D eigenvalue weighted by Crippen LogP contribution is 2.32. The van der Waals surface area contributed by atoms with Gasteiger partial charge >= 0.3 is 0 Å². The van der Waals surface area contributed by atoms with Gasteiger partial charge in [-0.1, -0.05) is 26.2 Å². The molecule has 1 heterocycles. The number of nitrogen functional groups attached to an aromatic ring is 1. The van der Waals surface area contributed by atoms with E-state index in [0.717, 1.165) is 30.2 Å². The van der Waals surface area contributed by atoms with Crippen molar-refractivity contribution in [2.24, 2.45) is 0 Å². The molecule has 1 aromatic rings. The summed E-state index contributed by atoms with van der Waals surface area (Å²) in [5.41, 5.74) is 7.94. The van der Waals surface area contributed by atoms with Gasteiger partial charge in [0, 0.05) is 19.1 Å². The van der Waals surface area contributed by atoms with Gasteiger partial charge in [0.1, 0.15) is 0 Å². The Kier molecular flexibility index (Phi) is 5.29. The first-order valence-electron chi connectivity index (χ1n) is 7.89. The van der Waals surface area contributed by atoms with E-state index in [1.165, 1.54) is 32.1 Å². The molecule has 0 amide bonds. The normalized spacial score (nSPS) is 16.6. The van der Waals surface area contributed by atoms with Crippen LogP contribution in [0.2, 0.25) is 0 Å². The zero-order valence-corrected chi connectivity index (χ0v) is 12.8. The van der Waals surface area contributed by atoms with Crippen molar-refractivity contribution in [1.29, 1.82) is 0 Å². The molecule has 2 rings (SSSR count). The van der Waals surface area contributed by atoms with Crippen LogP contribution in [0.5, 0.6) is 0 Å². The maximum atomic E-state index is 9.43. The highest BCUT2D eigenvalue weighted by atomic mass is 16.3. The highest BCUT2D eigenvalue weighted by molar-refractivity contribution is 5.66. The van der Waals surface area contributed by atoms with Crippen molar-refractivity contribution in [3.05, 3.63) is 5.69 Å². The van der Waals surface area contributed by atoms with Gasteiger partial charge in [0.15, 0.2) is 5.82 Å². The van der Waals surface area contributed by atoms with Crippen LogP contribution in [0.3, 0.4) is 0 Å². The lowest BCUT2D eigenvalue weighted by Crippen LogP contribution is -2.40. The highest BCUT2D eigenvalue weighted by Gasteiger charge is 2.26. The first-order valence-corrected chi connectivity index (χ1v) is 7.89. The molecule has 114 valence electrons. The predicted molar refractivity (Wildman–Crippen MR) is 83.0 cm³/mol. The average Bonchev–Trinajstić information content (AvgIpc) is 2.73. The van der Waals surface area contributed by atoms with Gasteiger partial charge in [0.05, 0.1) is 18.0 Å². The van der Waals surface area contributed by atoms with E-state index in [9.17, 15) is 5.11 Å². The molecule has 5 nitrogen and oxygen atoms in total. The molecule has 1 fully saturated rings. The van der Waals surface area contributed by atoms with E-state index in [4.69, 9.17) is 5.73 Å². The third kappa shape index (κ3) is 3.08. The molecule has 0 atom stereocenters. The Morgan fingerprint density at radius 3 is 2.65 bits per heavy atom. The smallest absolute Gasteiger partial charge is 0.150 e. The predicted octanol–water partition coefficient (Wildman–Crippen LogP) is 2.32. The quantitative estimate of drug-likeness (QED) is 0.839. The van der Waals surface area contributed by atoms with Crippen molar-refractivity contribution < 1.29 is 5.11 Å². The second kappa shape index (κ2) is 6.97. The van der Waals surface area contributed by atoms with Gasteiger partial charge < -0.3 is 15.7 Å². The topological polar surface area (TPSA) is 67.3 Å². The van der Waals surface area contributed by atoms with Crippen LogP contribution in [0.15, 0.2) is 0 Å². The van der Waals surface area contributed by atoms with Crippen LogP contribution in [0.1, 0.15) is 51.1 Å². The van der Waals surface area contributed by atoms with E-state index >= 15 is 0 Å². The van der Waals surface area contributed by atoms with Crippen LogP contribution in [0.25, 0.3) is 0 Å². The number of rotatable bonds is 6.